The van der Waals surface area contributed by atoms with Gasteiger partial charge in [0, 0.05) is 30.7 Å². The highest BCUT2D eigenvalue weighted by Crippen LogP contribution is 2.39. The first-order valence-corrected chi connectivity index (χ1v) is 8.80. The van der Waals surface area contributed by atoms with Gasteiger partial charge in [-0.3, -0.25) is 19.6 Å². The Kier molecular flexibility index (Phi) is 4.68. The van der Waals surface area contributed by atoms with Crippen LogP contribution in [0.5, 0.6) is 0 Å². The molecule has 1 aliphatic rings. The van der Waals surface area contributed by atoms with Gasteiger partial charge in [0.05, 0.1) is 11.3 Å². The van der Waals surface area contributed by atoms with Crippen molar-refractivity contribution in [3.05, 3.63) is 102 Å². The van der Waals surface area contributed by atoms with E-state index in [9.17, 15) is 14.7 Å². The number of Topliss-reactive ketones (excluding diaryl/α,β-unsaturated/α-hetero) is 1. The van der Waals surface area contributed by atoms with Gasteiger partial charge in [-0.1, -0.05) is 42.5 Å². The Balaban J connectivity index is 1.85. The van der Waals surface area contributed by atoms with Crippen LogP contribution in [0.3, 0.4) is 0 Å². The lowest BCUT2D eigenvalue weighted by molar-refractivity contribution is -0.140. The Hall–Kier alpha value is -3.80. The second-order valence-corrected chi connectivity index (χ2v) is 6.41. The van der Waals surface area contributed by atoms with Crippen LogP contribution in [0.15, 0.2) is 84.8 Å². The van der Waals surface area contributed by atoms with Crippen molar-refractivity contribution in [1.82, 2.24) is 14.9 Å². The van der Waals surface area contributed by atoms with Crippen LogP contribution >= 0.6 is 0 Å². The van der Waals surface area contributed by atoms with Crippen molar-refractivity contribution in [2.24, 2.45) is 0 Å². The number of pyridine rings is 2. The lowest BCUT2D eigenvalue weighted by atomic mass is 9.98. The van der Waals surface area contributed by atoms with Gasteiger partial charge in [-0.25, -0.2) is 0 Å². The number of carbonyl (C=O) groups excluding carboxylic acids is 2. The zero-order chi connectivity index (χ0) is 19.5. The summed E-state index contributed by atoms with van der Waals surface area (Å²) in [6.45, 7) is 0.186. The maximum atomic E-state index is 12.9. The molecule has 4 rings (SSSR count). The predicted octanol–water partition coefficient (Wildman–Crippen LogP) is 3.10. The van der Waals surface area contributed by atoms with Crippen LogP contribution in [0.2, 0.25) is 0 Å². The normalized spacial score (nSPS) is 18.4. The maximum absolute atomic E-state index is 12.9. The van der Waals surface area contributed by atoms with Gasteiger partial charge in [-0.2, -0.15) is 0 Å². The Morgan fingerprint density at radius 2 is 1.75 bits per heavy atom. The third-order valence-corrected chi connectivity index (χ3v) is 4.63. The van der Waals surface area contributed by atoms with E-state index in [1.165, 1.54) is 4.90 Å². The van der Waals surface area contributed by atoms with Crippen LogP contribution in [-0.2, 0) is 16.1 Å². The van der Waals surface area contributed by atoms with Gasteiger partial charge in [-0.05, 0) is 23.8 Å². The van der Waals surface area contributed by atoms with E-state index in [0.717, 1.165) is 5.56 Å². The number of hydrogen-bond donors (Lipinski definition) is 1. The number of ketones is 1. The molecule has 0 spiro atoms. The number of likely N-dealkylation sites (tertiary alicyclic amines) is 1. The molecule has 0 saturated carbocycles. The van der Waals surface area contributed by atoms with E-state index in [1.54, 1.807) is 67.1 Å². The number of benzene rings is 1. The number of nitrogens with zero attached hydrogens (tertiary/aromatic N) is 3. The van der Waals surface area contributed by atoms with Crippen LogP contribution < -0.4 is 0 Å². The highest BCUT2D eigenvalue weighted by molar-refractivity contribution is 6.46. The van der Waals surface area contributed by atoms with Gasteiger partial charge in [0.15, 0.2) is 0 Å². The zero-order valence-corrected chi connectivity index (χ0v) is 14.9. The smallest absolute Gasteiger partial charge is 0.296 e. The Morgan fingerprint density at radius 1 is 0.964 bits per heavy atom. The summed E-state index contributed by atoms with van der Waals surface area (Å²) in [6, 6.07) is 16.8. The summed E-state index contributed by atoms with van der Waals surface area (Å²) < 4.78 is 0. The third-order valence-electron chi connectivity index (χ3n) is 4.63. The average molecular weight is 371 g/mol. The van der Waals surface area contributed by atoms with Crippen molar-refractivity contribution in [1.29, 1.82) is 0 Å². The number of aromatic nitrogens is 2. The van der Waals surface area contributed by atoms with E-state index in [-0.39, 0.29) is 17.9 Å². The third kappa shape index (κ3) is 3.16. The molecular weight excluding hydrogens is 354 g/mol. The fourth-order valence-electron chi connectivity index (χ4n) is 3.33. The van der Waals surface area contributed by atoms with Gasteiger partial charge in [0.25, 0.3) is 11.7 Å². The summed E-state index contributed by atoms with van der Waals surface area (Å²) in [7, 11) is 0. The van der Waals surface area contributed by atoms with Crippen LogP contribution in [0.1, 0.15) is 22.9 Å². The van der Waals surface area contributed by atoms with Crippen LogP contribution in [0.4, 0.5) is 0 Å². The molecule has 1 saturated heterocycles. The van der Waals surface area contributed by atoms with Gasteiger partial charge in [0.2, 0.25) is 0 Å². The van der Waals surface area contributed by atoms with Crippen LogP contribution in [-0.4, -0.2) is 31.7 Å². The Morgan fingerprint density at radius 3 is 2.43 bits per heavy atom. The fourth-order valence-corrected chi connectivity index (χ4v) is 3.33. The molecule has 0 bridgehead atoms. The van der Waals surface area contributed by atoms with E-state index in [2.05, 4.69) is 9.97 Å². The van der Waals surface area contributed by atoms with Crippen molar-refractivity contribution < 1.29 is 14.7 Å². The first-order valence-electron chi connectivity index (χ1n) is 8.80. The van der Waals surface area contributed by atoms with E-state index < -0.39 is 17.7 Å². The first kappa shape index (κ1) is 17.6. The van der Waals surface area contributed by atoms with Gasteiger partial charge in [-0.15, -0.1) is 0 Å². The molecule has 3 heterocycles. The molecule has 0 radical (unpaired) electrons. The summed E-state index contributed by atoms with van der Waals surface area (Å²) in [5.41, 5.74) is 1.81. The molecular formula is C22H17N3O3. The minimum atomic E-state index is -0.776. The summed E-state index contributed by atoms with van der Waals surface area (Å²) in [5, 5.41) is 10.9. The zero-order valence-electron chi connectivity index (χ0n) is 14.9. The summed E-state index contributed by atoms with van der Waals surface area (Å²) in [6.07, 6.45) is 4.89. The number of aliphatic hydroxyl groups excluding tert-OH is 1. The van der Waals surface area contributed by atoms with E-state index in [0.29, 0.717) is 11.3 Å². The molecule has 1 fully saturated rings. The van der Waals surface area contributed by atoms with Crippen LogP contribution in [0, 0.1) is 0 Å². The van der Waals surface area contributed by atoms with E-state index >= 15 is 0 Å². The molecule has 1 aromatic carbocycles. The standard InChI is InChI=1S/C22H17N3O3/c26-20(16-8-2-1-3-9-16)18-19(17-10-4-5-12-24-17)25(22(28)21(18)27)14-15-7-6-11-23-13-15/h1-13,19,26H,14H2. The number of hydrogen-bond acceptors (Lipinski definition) is 5. The average Bonchev–Trinajstić information content (AvgIpc) is 3.00. The molecule has 1 N–H and O–H groups in total. The highest BCUT2D eigenvalue weighted by atomic mass is 16.3. The fraction of sp³-hybridized carbons (Fsp3) is 0.0909. The first-order chi connectivity index (χ1) is 13.7. The Bertz CT molecular complexity index is 1030. The molecule has 138 valence electrons. The minimum absolute atomic E-state index is 0.0405. The molecule has 28 heavy (non-hydrogen) atoms. The molecule has 1 amide bonds. The summed E-state index contributed by atoms with van der Waals surface area (Å²) >= 11 is 0. The van der Waals surface area contributed by atoms with Crippen LogP contribution in [0.25, 0.3) is 5.76 Å². The monoisotopic (exact) mass is 371 g/mol. The molecule has 6 heteroatoms. The molecule has 1 aliphatic heterocycles. The molecule has 2 aromatic heterocycles. The number of aliphatic hydroxyl groups is 1. The minimum Gasteiger partial charge on any atom is -0.507 e. The van der Waals surface area contributed by atoms with Crippen molar-refractivity contribution in [2.75, 3.05) is 0 Å². The molecule has 1 atom stereocenters. The lowest BCUT2D eigenvalue weighted by Gasteiger charge is -2.24. The number of carbonyl (C=O) groups is 2. The van der Waals surface area contributed by atoms with Gasteiger partial charge < -0.3 is 10.0 Å². The second kappa shape index (κ2) is 7.44. The number of rotatable bonds is 4. The van der Waals surface area contributed by atoms with E-state index in [4.69, 9.17) is 0 Å². The highest BCUT2D eigenvalue weighted by Gasteiger charge is 2.46. The van der Waals surface area contributed by atoms with Gasteiger partial charge in [0.1, 0.15) is 11.8 Å². The van der Waals surface area contributed by atoms with Crippen molar-refractivity contribution in [3.8, 4) is 0 Å². The number of amides is 1. The summed E-state index contributed by atoms with van der Waals surface area (Å²) in [5.74, 6) is -1.60. The topological polar surface area (TPSA) is 83.4 Å². The predicted molar refractivity (Wildman–Crippen MR) is 103 cm³/mol. The van der Waals surface area contributed by atoms with Crippen molar-refractivity contribution in [3.63, 3.8) is 0 Å². The molecule has 1 unspecified atom stereocenters. The summed E-state index contributed by atoms with van der Waals surface area (Å²) in [4.78, 5) is 35.5. The van der Waals surface area contributed by atoms with Crippen molar-refractivity contribution in [2.45, 2.75) is 12.6 Å². The maximum Gasteiger partial charge on any atom is 0.296 e. The molecule has 3 aromatic rings. The second-order valence-electron chi connectivity index (χ2n) is 6.41. The Labute approximate surface area is 161 Å². The SMILES string of the molecule is O=C1C(=O)N(Cc2cccnc2)C(c2ccccn2)C1=C(O)c1ccccc1. The largest absolute Gasteiger partial charge is 0.507 e. The van der Waals surface area contributed by atoms with E-state index in [1.807, 2.05) is 12.1 Å². The molecule has 6 nitrogen and oxygen atoms in total. The van der Waals surface area contributed by atoms with Crippen molar-refractivity contribution >= 4 is 17.4 Å². The van der Waals surface area contributed by atoms with Gasteiger partial charge >= 0.3 is 0 Å². The molecule has 0 aliphatic carbocycles. The lowest BCUT2D eigenvalue weighted by Crippen LogP contribution is -2.29. The quantitative estimate of drug-likeness (QED) is 0.433.